The van der Waals surface area contributed by atoms with E-state index in [9.17, 15) is 9.18 Å². The highest BCUT2D eigenvalue weighted by Gasteiger charge is 2.12. The van der Waals surface area contributed by atoms with Crippen molar-refractivity contribution >= 4 is 5.91 Å². The van der Waals surface area contributed by atoms with E-state index in [-0.39, 0.29) is 12.1 Å². The molecule has 0 aliphatic heterocycles. The molecule has 0 radical (unpaired) electrons. The molecule has 0 spiro atoms. The zero-order valence-electron chi connectivity index (χ0n) is 11.3. The second kappa shape index (κ2) is 6.14. The molecular formula is C15H15FN2O2. The second-order valence-corrected chi connectivity index (χ2v) is 4.34. The van der Waals surface area contributed by atoms with Crippen LogP contribution < -0.4 is 10.1 Å². The van der Waals surface area contributed by atoms with E-state index in [1.807, 2.05) is 0 Å². The smallest absolute Gasteiger partial charge is 0.254 e. The number of pyridine rings is 1. The van der Waals surface area contributed by atoms with Gasteiger partial charge in [-0.05, 0) is 30.7 Å². The molecule has 0 fully saturated rings. The van der Waals surface area contributed by atoms with E-state index >= 15 is 0 Å². The quantitative estimate of drug-likeness (QED) is 0.931. The number of methoxy groups -OCH3 is 1. The van der Waals surface area contributed by atoms with Crippen LogP contribution in [0.4, 0.5) is 4.39 Å². The predicted molar refractivity (Wildman–Crippen MR) is 73.1 cm³/mol. The van der Waals surface area contributed by atoms with E-state index in [4.69, 9.17) is 4.74 Å². The van der Waals surface area contributed by atoms with Crippen molar-refractivity contribution in [2.45, 2.75) is 13.5 Å². The van der Waals surface area contributed by atoms with Crippen molar-refractivity contribution in [3.63, 3.8) is 0 Å². The number of halogens is 1. The number of ether oxygens (including phenoxy) is 1. The van der Waals surface area contributed by atoms with E-state index in [1.165, 1.54) is 19.2 Å². The van der Waals surface area contributed by atoms with Crippen molar-refractivity contribution in [2.75, 3.05) is 7.11 Å². The van der Waals surface area contributed by atoms with Crippen LogP contribution in [0.5, 0.6) is 5.88 Å². The van der Waals surface area contributed by atoms with Gasteiger partial charge in [0.05, 0.1) is 12.7 Å². The first-order chi connectivity index (χ1) is 9.61. The summed E-state index contributed by atoms with van der Waals surface area (Å²) in [6.45, 7) is 1.99. The molecule has 0 saturated heterocycles. The van der Waals surface area contributed by atoms with Gasteiger partial charge in [0.2, 0.25) is 5.88 Å². The van der Waals surface area contributed by atoms with E-state index in [2.05, 4.69) is 10.3 Å². The third kappa shape index (κ3) is 3.12. The molecule has 1 aromatic heterocycles. The average molecular weight is 274 g/mol. The Bertz CT molecular complexity index is 629. The second-order valence-electron chi connectivity index (χ2n) is 4.34. The fourth-order valence-electron chi connectivity index (χ4n) is 1.82. The molecule has 2 aromatic rings. The summed E-state index contributed by atoms with van der Waals surface area (Å²) in [5, 5.41) is 2.65. The first-order valence-corrected chi connectivity index (χ1v) is 6.14. The van der Waals surface area contributed by atoms with Crippen LogP contribution in [-0.2, 0) is 6.54 Å². The molecule has 1 N–H and O–H groups in total. The Kier molecular flexibility index (Phi) is 4.30. The minimum Gasteiger partial charge on any atom is -0.481 e. The summed E-state index contributed by atoms with van der Waals surface area (Å²) >= 11 is 0. The number of carbonyl (C=O) groups excluding carboxylic acids is 1. The van der Waals surface area contributed by atoms with Gasteiger partial charge in [-0.25, -0.2) is 9.37 Å². The largest absolute Gasteiger partial charge is 0.481 e. The van der Waals surface area contributed by atoms with Crippen LogP contribution in [0.1, 0.15) is 21.5 Å². The predicted octanol–water partition coefficient (Wildman–Crippen LogP) is 2.47. The lowest BCUT2D eigenvalue weighted by atomic mass is 10.1. The van der Waals surface area contributed by atoms with Crippen molar-refractivity contribution in [3.8, 4) is 5.88 Å². The van der Waals surface area contributed by atoms with Gasteiger partial charge in [-0.3, -0.25) is 4.79 Å². The van der Waals surface area contributed by atoms with Crippen LogP contribution in [-0.4, -0.2) is 18.0 Å². The third-order valence-corrected chi connectivity index (χ3v) is 2.85. The van der Waals surface area contributed by atoms with Crippen LogP contribution >= 0.6 is 0 Å². The van der Waals surface area contributed by atoms with E-state index in [0.29, 0.717) is 5.88 Å². The molecule has 0 saturated carbocycles. The monoisotopic (exact) mass is 274 g/mol. The summed E-state index contributed by atoms with van der Waals surface area (Å²) in [5.74, 6) is -0.550. The Morgan fingerprint density at radius 1 is 1.40 bits per heavy atom. The Morgan fingerprint density at radius 2 is 2.20 bits per heavy atom. The summed E-state index contributed by atoms with van der Waals surface area (Å²) in [4.78, 5) is 16.0. The van der Waals surface area contributed by atoms with Gasteiger partial charge in [0, 0.05) is 18.3 Å². The van der Waals surface area contributed by atoms with Crippen molar-refractivity contribution in [1.29, 1.82) is 0 Å². The molecule has 1 heterocycles. The van der Waals surface area contributed by atoms with Gasteiger partial charge in [-0.2, -0.15) is 0 Å². The lowest BCUT2D eigenvalue weighted by Crippen LogP contribution is -2.24. The molecule has 1 amide bonds. The van der Waals surface area contributed by atoms with Crippen molar-refractivity contribution in [3.05, 3.63) is 59.0 Å². The lowest BCUT2D eigenvalue weighted by molar-refractivity contribution is 0.0946. The number of hydrogen-bond acceptors (Lipinski definition) is 3. The van der Waals surface area contributed by atoms with Crippen molar-refractivity contribution < 1.29 is 13.9 Å². The zero-order chi connectivity index (χ0) is 14.5. The van der Waals surface area contributed by atoms with E-state index in [1.54, 1.807) is 31.3 Å². The molecule has 20 heavy (non-hydrogen) atoms. The third-order valence-electron chi connectivity index (χ3n) is 2.85. The molecule has 0 bridgehead atoms. The van der Waals surface area contributed by atoms with Crippen LogP contribution in [0.25, 0.3) is 0 Å². The molecule has 0 aliphatic rings. The molecule has 104 valence electrons. The fourth-order valence-corrected chi connectivity index (χ4v) is 1.82. The number of nitrogens with zero attached hydrogens (tertiary/aromatic N) is 1. The normalized spacial score (nSPS) is 10.2. The highest BCUT2D eigenvalue weighted by Crippen LogP contribution is 2.14. The molecule has 4 nitrogen and oxygen atoms in total. The molecule has 1 aromatic carbocycles. The van der Waals surface area contributed by atoms with Gasteiger partial charge in [0.15, 0.2) is 0 Å². The average Bonchev–Trinajstić information content (AvgIpc) is 2.45. The number of nitrogens with one attached hydrogen (secondary N) is 1. The maximum absolute atomic E-state index is 13.7. The molecule has 0 aliphatic carbocycles. The number of amides is 1. The summed E-state index contributed by atoms with van der Waals surface area (Å²) in [6.07, 6.45) is 1.60. The van der Waals surface area contributed by atoms with Crippen LogP contribution in [0, 0.1) is 12.7 Å². The lowest BCUT2D eigenvalue weighted by Gasteiger charge is -2.09. The van der Waals surface area contributed by atoms with Crippen molar-refractivity contribution in [1.82, 2.24) is 10.3 Å². The highest BCUT2D eigenvalue weighted by molar-refractivity contribution is 5.94. The molecule has 0 atom stereocenters. The molecular weight excluding hydrogens is 259 g/mol. The number of carbonyl (C=O) groups is 1. The van der Waals surface area contributed by atoms with Crippen LogP contribution in [0.3, 0.4) is 0 Å². The maximum atomic E-state index is 13.7. The number of benzene rings is 1. The highest BCUT2D eigenvalue weighted by atomic mass is 19.1. The minimum atomic E-state index is -0.527. The summed E-state index contributed by atoms with van der Waals surface area (Å²) in [6, 6.07) is 8.04. The SMILES string of the molecule is COc1ncccc1CNC(=O)c1ccc(C)cc1F. The topological polar surface area (TPSA) is 51.2 Å². The minimum absolute atomic E-state index is 0.0263. The van der Waals surface area contributed by atoms with Gasteiger partial charge < -0.3 is 10.1 Å². The van der Waals surface area contributed by atoms with E-state index in [0.717, 1.165) is 11.1 Å². The van der Waals surface area contributed by atoms with Gasteiger partial charge in [0.1, 0.15) is 5.82 Å². The first-order valence-electron chi connectivity index (χ1n) is 6.14. The number of aryl methyl sites for hydroxylation is 1. The number of hydrogen-bond donors (Lipinski definition) is 1. The van der Waals surface area contributed by atoms with Gasteiger partial charge in [0.25, 0.3) is 5.91 Å². The summed E-state index contributed by atoms with van der Waals surface area (Å²) in [5.41, 5.74) is 1.53. The maximum Gasteiger partial charge on any atom is 0.254 e. The molecule has 5 heteroatoms. The fraction of sp³-hybridized carbons (Fsp3) is 0.200. The molecule has 0 unspecified atom stereocenters. The zero-order valence-corrected chi connectivity index (χ0v) is 11.3. The first kappa shape index (κ1) is 14.0. The Morgan fingerprint density at radius 3 is 2.90 bits per heavy atom. The summed E-state index contributed by atoms with van der Waals surface area (Å²) < 4.78 is 18.8. The van der Waals surface area contributed by atoms with Crippen LogP contribution in [0.15, 0.2) is 36.5 Å². The van der Waals surface area contributed by atoms with E-state index < -0.39 is 11.7 Å². The van der Waals surface area contributed by atoms with Crippen molar-refractivity contribution in [2.24, 2.45) is 0 Å². The standard InChI is InChI=1S/C15H15FN2O2/c1-10-5-6-12(13(16)8-10)14(19)18-9-11-4-3-7-17-15(11)20-2/h3-8H,9H2,1-2H3,(H,18,19). The summed E-state index contributed by atoms with van der Waals surface area (Å²) in [7, 11) is 1.51. The Labute approximate surface area is 116 Å². The number of rotatable bonds is 4. The Hall–Kier alpha value is -2.43. The molecule has 2 rings (SSSR count). The van der Waals surface area contributed by atoms with Crippen LogP contribution in [0.2, 0.25) is 0 Å². The van der Waals surface area contributed by atoms with Gasteiger partial charge in [-0.15, -0.1) is 0 Å². The Balaban J connectivity index is 2.09. The van der Waals surface area contributed by atoms with Gasteiger partial charge in [-0.1, -0.05) is 12.1 Å². The van der Waals surface area contributed by atoms with Gasteiger partial charge >= 0.3 is 0 Å². The number of aromatic nitrogens is 1.